The molecule has 2 N–H and O–H groups in total. The molecule has 3 rings (SSSR count). The van der Waals surface area contributed by atoms with Crippen molar-refractivity contribution in [3.05, 3.63) is 36.7 Å². The van der Waals surface area contributed by atoms with Crippen LogP contribution in [0.25, 0.3) is 0 Å². The first-order valence-corrected chi connectivity index (χ1v) is 7.21. The molecule has 0 amide bonds. The van der Waals surface area contributed by atoms with E-state index >= 15 is 0 Å². The number of hydrogen-bond donors (Lipinski definition) is 2. The maximum Gasteiger partial charge on any atom is 0.163 e. The fourth-order valence-corrected chi connectivity index (χ4v) is 2.16. The van der Waals surface area contributed by atoms with Crippen molar-refractivity contribution in [3.63, 3.8) is 0 Å². The van der Waals surface area contributed by atoms with Crippen LogP contribution in [0.1, 0.15) is 13.3 Å². The second kappa shape index (κ2) is 6.35. The predicted molar refractivity (Wildman–Crippen MR) is 83.7 cm³/mol. The van der Waals surface area contributed by atoms with E-state index in [2.05, 4.69) is 22.5 Å². The van der Waals surface area contributed by atoms with Crippen molar-refractivity contribution in [1.82, 2.24) is 4.98 Å². The van der Waals surface area contributed by atoms with E-state index in [-0.39, 0.29) is 0 Å². The minimum absolute atomic E-state index is 0.592. The molecule has 5 heteroatoms. The molecule has 1 aliphatic rings. The number of fused-ring (bicyclic) bond motifs is 1. The Morgan fingerprint density at radius 1 is 1.00 bits per heavy atom. The maximum atomic E-state index is 5.59. The topological polar surface area (TPSA) is 55.4 Å². The van der Waals surface area contributed by atoms with Crippen LogP contribution < -0.4 is 20.1 Å². The number of pyridine rings is 1. The van der Waals surface area contributed by atoms with E-state index in [9.17, 15) is 0 Å². The zero-order chi connectivity index (χ0) is 14.5. The van der Waals surface area contributed by atoms with Crippen molar-refractivity contribution in [1.29, 1.82) is 0 Å². The van der Waals surface area contributed by atoms with Crippen LogP contribution in [0.4, 0.5) is 17.1 Å². The molecule has 0 atom stereocenters. The molecule has 5 nitrogen and oxygen atoms in total. The second-order valence-electron chi connectivity index (χ2n) is 4.87. The van der Waals surface area contributed by atoms with Crippen LogP contribution >= 0.6 is 0 Å². The van der Waals surface area contributed by atoms with E-state index in [1.807, 2.05) is 30.5 Å². The van der Waals surface area contributed by atoms with Gasteiger partial charge >= 0.3 is 0 Å². The lowest BCUT2D eigenvalue weighted by Crippen LogP contribution is -2.15. The summed E-state index contributed by atoms with van der Waals surface area (Å²) < 4.78 is 11.1. The molecule has 2 heterocycles. The number of anilines is 3. The number of nitrogens with zero attached hydrogens (tertiary/aromatic N) is 1. The van der Waals surface area contributed by atoms with E-state index in [0.717, 1.165) is 41.5 Å². The Hall–Kier alpha value is -2.43. The largest absolute Gasteiger partial charge is 0.486 e. The standard InChI is InChI=1S/C16H19N3O2/c1-2-5-18-13-8-14(11-17-10-13)19-12-3-4-15-16(9-12)21-7-6-20-15/h3-4,8-11,18-19H,2,5-7H2,1H3. The van der Waals surface area contributed by atoms with Crippen LogP contribution in [0.3, 0.4) is 0 Å². The molecule has 1 aromatic carbocycles. The number of aromatic nitrogens is 1. The van der Waals surface area contributed by atoms with Gasteiger partial charge in [0.2, 0.25) is 0 Å². The minimum atomic E-state index is 0.592. The molecule has 2 aromatic rings. The molecule has 1 aliphatic heterocycles. The van der Waals surface area contributed by atoms with Gasteiger partial charge in [0.1, 0.15) is 13.2 Å². The van der Waals surface area contributed by atoms with Crippen LogP contribution in [0, 0.1) is 0 Å². The predicted octanol–water partition coefficient (Wildman–Crippen LogP) is 3.42. The van der Waals surface area contributed by atoms with Gasteiger partial charge in [0, 0.05) is 18.3 Å². The van der Waals surface area contributed by atoms with Gasteiger partial charge in [-0.3, -0.25) is 4.98 Å². The monoisotopic (exact) mass is 285 g/mol. The second-order valence-corrected chi connectivity index (χ2v) is 4.87. The summed E-state index contributed by atoms with van der Waals surface area (Å²) in [4.78, 5) is 4.24. The average Bonchev–Trinajstić information content (AvgIpc) is 2.53. The SMILES string of the molecule is CCCNc1cncc(Nc2ccc3c(c2)OCCO3)c1. The first-order valence-electron chi connectivity index (χ1n) is 7.21. The van der Waals surface area contributed by atoms with Gasteiger partial charge in [0.25, 0.3) is 0 Å². The summed E-state index contributed by atoms with van der Waals surface area (Å²) in [5, 5.41) is 6.66. The lowest BCUT2D eigenvalue weighted by atomic mass is 10.2. The molecule has 0 fully saturated rings. The molecule has 0 unspecified atom stereocenters. The summed E-state index contributed by atoms with van der Waals surface area (Å²) in [6.45, 7) is 4.27. The van der Waals surface area contributed by atoms with Gasteiger partial charge in [-0.25, -0.2) is 0 Å². The molecular weight excluding hydrogens is 266 g/mol. The highest BCUT2D eigenvalue weighted by molar-refractivity contribution is 5.65. The fraction of sp³-hybridized carbons (Fsp3) is 0.312. The normalized spacial score (nSPS) is 12.8. The third-order valence-electron chi connectivity index (χ3n) is 3.15. The Morgan fingerprint density at radius 2 is 1.81 bits per heavy atom. The van der Waals surface area contributed by atoms with Crippen molar-refractivity contribution >= 4 is 17.1 Å². The lowest BCUT2D eigenvalue weighted by Gasteiger charge is -2.19. The minimum Gasteiger partial charge on any atom is -0.486 e. The van der Waals surface area contributed by atoms with Crippen LogP contribution in [0.15, 0.2) is 36.7 Å². The first-order chi connectivity index (χ1) is 10.3. The molecule has 0 aliphatic carbocycles. The molecule has 0 radical (unpaired) electrons. The molecule has 0 spiro atoms. The van der Waals surface area contributed by atoms with Gasteiger partial charge in [-0.2, -0.15) is 0 Å². The van der Waals surface area contributed by atoms with Crippen LogP contribution in [0.2, 0.25) is 0 Å². The highest BCUT2D eigenvalue weighted by Crippen LogP contribution is 2.33. The van der Waals surface area contributed by atoms with Gasteiger partial charge in [-0.1, -0.05) is 6.92 Å². The Balaban J connectivity index is 1.74. The van der Waals surface area contributed by atoms with Gasteiger partial charge in [-0.05, 0) is 24.6 Å². The van der Waals surface area contributed by atoms with Crippen LogP contribution in [-0.2, 0) is 0 Å². The van der Waals surface area contributed by atoms with E-state index in [1.54, 1.807) is 6.20 Å². The lowest BCUT2D eigenvalue weighted by molar-refractivity contribution is 0.171. The van der Waals surface area contributed by atoms with Crippen molar-refractivity contribution in [2.24, 2.45) is 0 Å². The molecule has 0 saturated heterocycles. The quantitative estimate of drug-likeness (QED) is 0.881. The van der Waals surface area contributed by atoms with Gasteiger partial charge < -0.3 is 20.1 Å². The van der Waals surface area contributed by atoms with E-state index in [0.29, 0.717) is 13.2 Å². The zero-order valence-corrected chi connectivity index (χ0v) is 12.1. The summed E-state index contributed by atoms with van der Waals surface area (Å²) >= 11 is 0. The Kier molecular flexibility index (Phi) is 4.09. The van der Waals surface area contributed by atoms with Crippen molar-refractivity contribution in [3.8, 4) is 11.5 Å². The Morgan fingerprint density at radius 3 is 2.67 bits per heavy atom. The zero-order valence-electron chi connectivity index (χ0n) is 12.1. The van der Waals surface area contributed by atoms with Crippen molar-refractivity contribution in [2.75, 3.05) is 30.4 Å². The van der Waals surface area contributed by atoms with Gasteiger partial charge in [0.15, 0.2) is 11.5 Å². The fourth-order valence-electron chi connectivity index (χ4n) is 2.16. The van der Waals surface area contributed by atoms with Gasteiger partial charge in [-0.15, -0.1) is 0 Å². The number of benzene rings is 1. The third-order valence-corrected chi connectivity index (χ3v) is 3.15. The summed E-state index contributed by atoms with van der Waals surface area (Å²) in [7, 11) is 0. The van der Waals surface area contributed by atoms with E-state index in [1.165, 1.54) is 0 Å². The summed E-state index contributed by atoms with van der Waals surface area (Å²) in [6, 6.07) is 7.88. The van der Waals surface area contributed by atoms with Gasteiger partial charge in [0.05, 0.1) is 23.8 Å². The molecule has 21 heavy (non-hydrogen) atoms. The smallest absolute Gasteiger partial charge is 0.163 e. The maximum absolute atomic E-state index is 5.59. The Labute approximate surface area is 124 Å². The molecular formula is C16H19N3O2. The third kappa shape index (κ3) is 3.37. The molecule has 1 aromatic heterocycles. The highest BCUT2D eigenvalue weighted by atomic mass is 16.6. The number of ether oxygens (including phenoxy) is 2. The van der Waals surface area contributed by atoms with E-state index < -0.39 is 0 Å². The summed E-state index contributed by atoms with van der Waals surface area (Å²) in [5.74, 6) is 1.57. The van der Waals surface area contributed by atoms with Crippen LogP contribution in [-0.4, -0.2) is 24.7 Å². The molecule has 110 valence electrons. The summed E-state index contributed by atoms with van der Waals surface area (Å²) in [6.07, 6.45) is 4.71. The summed E-state index contributed by atoms with van der Waals surface area (Å²) in [5.41, 5.74) is 2.90. The highest BCUT2D eigenvalue weighted by Gasteiger charge is 2.11. The van der Waals surface area contributed by atoms with Crippen LogP contribution in [0.5, 0.6) is 11.5 Å². The number of hydrogen-bond acceptors (Lipinski definition) is 5. The average molecular weight is 285 g/mol. The molecule has 0 saturated carbocycles. The number of nitrogens with one attached hydrogen (secondary N) is 2. The first kappa shape index (κ1) is 13.5. The molecule has 0 bridgehead atoms. The number of rotatable bonds is 5. The van der Waals surface area contributed by atoms with Crippen molar-refractivity contribution in [2.45, 2.75) is 13.3 Å². The van der Waals surface area contributed by atoms with E-state index in [4.69, 9.17) is 9.47 Å². The Bertz CT molecular complexity index is 616. The van der Waals surface area contributed by atoms with Crippen molar-refractivity contribution < 1.29 is 9.47 Å².